The third kappa shape index (κ3) is 6.61. The molecule has 0 aliphatic carbocycles. The fourth-order valence-corrected chi connectivity index (χ4v) is 4.11. The lowest BCUT2D eigenvalue weighted by Gasteiger charge is -2.34. The molecular weight excluding hydrogens is 408 g/mol. The van der Waals surface area contributed by atoms with Crippen LogP contribution in [0.2, 0.25) is 0 Å². The number of likely N-dealkylation sites (tertiary alicyclic amines) is 2. The van der Waals surface area contributed by atoms with E-state index in [1.165, 1.54) is 4.90 Å². The van der Waals surface area contributed by atoms with Crippen molar-refractivity contribution in [3.8, 4) is 0 Å². The molecule has 1 N–H and O–H groups in total. The molecule has 8 heteroatoms. The minimum Gasteiger partial charge on any atom is -0.444 e. The fourth-order valence-electron chi connectivity index (χ4n) is 4.11. The Balaban J connectivity index is 1.49. The van der Waals surface area contributed by atoms with Crippen molar-refractivity contribution in [2.24, 2.45) is 5.92 Å². The van der Waals surface area contributed by atoms with Crippen LogP contribution in [0.25, 0.3) is 0 Å². The summed E-state index contributed by atoms with van der Waals surface area (Å²) in [4.78, 5) is 42.8. The normalized spacial score (nSPS) is 17.2. The van der Waals surface area contributed by atoms with Crippen molar-refractivity contribution in [2.45, 2.75) is 58.6 Å². The van der Waals surface area contributed by atoms with Crippen molar-refractivity contribution in [3.63, 3.8) is 0 Å². The standard InChI is InChI=1S/C24H36N4O4/c1-24(2,3)32-23(31)26(4)17-18-8-7-9-20(16-18)25-21(29)19-10-14-28(15-11-19)22(30)27-12-5-6-13-27/h7-9,16,19H,5-6,10-15,17H2,1-4H3,(H,25,29). The SMILES string of the molecule is CN(Cc1cccc(NC(=O)C2CCN(C(=O)N3CCCC3)CC2)c1)C(=O)OC(C)(C)C. The lowest BCUT2D eigenvalue weighted by atomic mass is 9.96. The number of hydrogen-bond donors (Lipinski definition) is 1. The summed E-state index contributed by atoms with van der Waals surface area (Å²) < 4.78 is 5.39. The highest BCUT2D eigenvalue weighted by molar-refractivity contribution is 5.92. The van der Waals surface area contributed by atoms with Gasteiger partial charge in [-0.05, 0) is 64.2 Å². The molecule has 0 aromatic heterocycles. The molecule has 0 spiro atoms. The number of nitrogens with zero attached hydrogens (tertiary/aromatic N) is 3. The van der Waals surface area contributed by atoms with E-state index in [1.54, 1.807) is 7.05 Å². The van der Waals surface area contributed by atoms with Crippen LogP contribution in [-0.4, -0.2) is 71.6 Å². The number of benzene rings is 1. The topological polar surface area (TPSA) is 82.2 Å². The number of hydrogen-bond acceptors (Lipinski definition) is 4. The Kier molecular flexibility index (Phi) is 7.64. The van der Waals surface area contributed by atoms with Gasteiger partial charge in [0.15, 0.2) is 0 Å². The maximum atomic E-state index is 12.8. The Hall–Kier alpha value is -2.77. The Morgan fingerprint density at radius 1 is 1.06 bits per heavy atom. The van der Waals surface area contributed by atoms with Gasteiger partial charge >= 0.3 is 12.1 Å². The molecule has 2 aliphatic heterocycles. The third-order valence-corrected chi connectivity index (χ3v) is 5.83. The second-order valence-corrected chi connectivity index (χ2v) is 9.76. The molecule has 0 atom stereocenters. The van der Waals surface area contributed by atoms with E-state index in [1.807, 2.05) is 54.8 Å². The van der Waals surface area contributed by atoms with Gasteiger partial charge in [0.05, 0.1) is 0 Å². The number of nitrogens with one attached hydrogen (secondary N) is 1. The van der Waals surface area contributed by atoms with E-state index in [-0.39, 0.29) is 23.9 Å². The zero-order valence-corrected chi connectivity index (χ0v) is 19.7. The minimum atomic E-state index is -0.546. The summed E-state index contributed by atoms with van der Waals surface area (Å²) in [5, 5.41) is 3.00. The second-order valence-electron chi connectivity index (χ2n) is 9.76. The van der Waals surface area contributed by atoms with Gasteiger partial charge in [0.25, 0.3) is 0 Å². The van der Waals surface area contributed by atoms with Gasteiger partial charge in [0.2, 0.25) is 5.91 Å². The van der Waals surface area contributed by atoms with E-state index in [0.717, 1.165) is 31.5 Å². The number of rotatable bonds is 4. The first-order valence-corrected chi connectivity index (χ1v) is 11.5. The number of ether oxygens (including phenoxy) is 1. The van der Waals surface area contributed by atoms with Gasteiger partial charge in [0, 0.05) is 51.4 Å². The van der Waals surface area contributed by atoms with Gasteiger partial charge in [-0.3, -0.25) is 4.79 Å². The molecule has 0 radical (unpaired) electrons. The quantitative estimate of drug-likeness (QED) is 0.763. The minimum absolute atomic E-state index is 0.0177. The number of piperidine rings is 1. The van der Waals surface area contributed by atoms with Gasteiger partial charge in [-0.25, -0.2) is 9.59 Å². The van der Waals surface area contributed by atoms with E-state index in [2.05, 4.69) is 5.32 Å². The van der Waals surface area contributed by atoms with Crippen LogP contribution < -0.4 is 5.32 Å². The molecule has 4 amide bonds. The van der Waals surface area contributed by atoms with Crippen LogP contribution in [0.1, 0.15) is 52.0 Å². The summed E-state index contributed by atoms with van der Waals surface area (Å²) in [7, 11) is 1.69. The summed E-state index contributed by atoms with van der Waals surface area (Å²) in [6, 6.07) is 7.62. The maximum Gasteiger partial charge on any atom is 0.410 e. The summed E-state index contributed by atoms with van der Waals surface area (Å²) in [5.41, 5.74) is 1.07. The molecule has 2 fully saturated rings. The Morgan fingerprint density at radius 2 is 1.69 bits per heavy atom. The van der Waals surface area contributed by atoms with Crippen LogP contribution in [0, 0.1) is 5.92 Å². The summed E-state index contributed by atoms with van der Waals surface area (Å²) in [5.74, 6) is -0.123. The monoisotopic (exact) mass is 444 g/mol. The molecular formula is C24H36N4O4. The molecule has 1 aromatic rings. The highest BCUT2D eigenvalue weighted by Crippen LogP contribution is 2.22. The largest absolute Gasteiger partial charge is 0.444 e. The first-order chi connectivity index (χ1) is 15.1. The van der Waals surface area contributed by atoms with Crippen LogP contribution in [-0.2, 0) is 16.1 Å². The smallest absolute Gasteiger partial charge is 0.410 e. The van der Waals surface area contributed by atoms with E-state index in [0.29, 0.717) is 38.2 Å². The lowest BCUT2D eigenvalue weighted by molar-refractivity contribution is -0.121. The third-order valence-electron chi connectivity index (χ3n) is 5.83. The van der Waals surface area contributed by atoms with Gasteiger partial charge in [-0.2, -0.15) is 0 Å². The van der Waals surface area contributed by atoms with E-state index in [9.17, 15) is 14.4 Å². The predicted molar refractivity (Wildman–Crippen MR) is 123 cm³/mol. The first kappa shape index (κ1) is 23.9. The average Bonchev–Trinajstić information content (AvgIpc) is 3.27. The summed E-state index contributed by atoms with van der Waals surface area (Å²) >= 11 is 0. The van der Waals surface area contributed by atoms with Crippen molar-refractivity contribution in [2.75, 3.05) is 38.5 Å². The summed E-state index contributed by atoms with van der Waals surface area (Å²) in [6.07, 6.45) is 3.12. The van der Waals surface area contributed by atoms with E-state index < -0.39 is 5.60 Å². The molecule has 32 heavy (non-hydrogen) atoms. The van der Waals surface area contributed by atoms with Crippen molar-refractivity contribution >= 4 is 23.7 Å². The molecule has 8 nitrogen and oxygen atoms in total. The van der Waals surface area contributed by atoms with Crippen molar-refractivity contribution in [1.82, 2.24) is 14.7 Å². The van der Waals surface area contributed by atoms with Gasteiger partial charge in [0.1, 0.15) is 5.60 Å². The Morgan fingerprint density at radius 3 is 2.31 bits per heavy atom. The molecule has 1 aromatic carbocycles. The molecule has 3 rings (SSSR count). The molecule has 0 bridgehead atoms. The zero-order chi connectivity index (χ0) is 23.3. The molecule has 2 saturated heterocycles. The van der Waals surface area contributed by atoms with Crippen molar-refractivity contribution in [3.05, 3.63) is 29.8 Å². The number of urea groups is 1. The van der Waals surface area contributed by atoms with Gasteiger partial charge in [-0.15, -0.1) is 0 Å². The van der Waals surface area contributed by atoms with Crippen molar-refractivity contribution < 1.29 is 19.1 Å². The summed E-state index contributed by atoms with van der Waals surface area (Å²) in [6.45, 7) is 8.82. The fraction of sp³-hybridized carbons (Fsp3) is 0.625. The zero-order valence-electron chi connectivity index (χ0n) is 19.7. The predicted octanol–water partition coefficient (Wildman–Crippen LogP) is 3.92. The highest BCUT2D eigenvalue weighted by atomic mass is 16.6. The van der Waals surface area contributed by atoms with Crippen LogP contribution in [0.5, 0.6) is 0 Å². The van der Waals surface area contributed by atoms with Crippen LogP contribution >= 0.6 is 0 Å². The van der Waals surface area contributed by atoms with Gasteiger partial charge in [-0.1, -0.05) is 12.1 Å². The average molecular weight is 445 g/mol. The lowest BCUT2D eigenvalue weighted by Crippen LogP contribution is -2.47. The number of amides is 4. The number of anilines is 1. The number of carbonyl (C=O) groups excluding carboxylic acids is 3. The van der Waals surface area contributed by atoms with Crippen molar-refractivity contribution in [1.29, 1.82) is 0 Å². The molecule has 176 valence electrons. The molecule has 0 saturated carbocycles. The second kappa shape index (κ2) is 10.2. The Labute approximate surface area is 190 Å². The molecule has 0 unspecified atom stereocenters. The van der Waals surface area contributed by atoms with Crippen LogP contribution in [0.15, 0.2) is 24.3 Å². The van der Waals surface area contributed by atoms with Crippen LogP contribution in [0.4, 0.5) is 15.3 Å². The van der Waals surface area contributed by atoms with Gasteiger partial charge < -0.3 is 24.8 Å². The highest BCUT2D eigenvalue weighted by Gasteiger charge is 2.30. The number of carbonyl (C=O) groups is 3. The van der Waals surface area contributed by atoms with E-state index in [4.69, 9.17) is 4.74 Å². The maximum absolute atomic E-state index is 12.8. The first-order valence-electron chi connectivity index (χ1n) is 11.5. The Bertz CT molecular complexity index is 822. The molecule has 2 heterocycles. The van der Waals surface area contributed by atoms with E-state index >= 15 is 0 Å². The van der Waals surface area contributed by atoms with Crippen LogP contribution in [0.3, 0.4) is 0 Å². The molecule has 2 aliphatic rings.